The van der Waals surface area contributed by atoms with Gasteiger partial charge in [-0.2, -0.15) is 0 Å². The molecule has 0 N–H and O–H groups in total. The first kappa shape index (κ1) is 17.5. The molecule has 0 aromatic carbocycles. The summed E-state index contributed by atoms with van der Waals surface area (Å²) in [6, 6.07) is 0. The van der Waals surface area contributed by atoms with Gasteiger partial charge in [-0.3, -0.25) is 0 Å². The first-order chi connectivity index (χ1) is 5.91. The highest BCUT2D eigenvalue weighted by atomic mass is 13.8. The van der Waals surface area contributed by atoms with Gasteiger partial charge in [0.15, 0.2) is 0 Å². The van der Waals surface area contributed by atoms with E-state index in [-0.39, 0.29) is 0 Å². The third-order valence-corrected chi connectivity index (χ3v) is 0.655. The third-order valence-electron chi connectivity index (χ3n) is 0.655. The molecule has 0 bridgehead atoms. The predicted octanol–water partition coefficient (Wildman–Crippen LogP) is 4.97. The second-order valence-electron chi connectivity index (χ2n) is 1.80. The van der Waals surface area contributed by atoms with Crippen LogP contribution in [-0.2, 0) is 0 Å². The molecule has 0 nitrogen and oxygen atoms in total. The van der Waals surface area contributed by atoms with Crippen LogP contribution in [0.1, 0.15) is 54.4 Å². The summed E-state index contributed by atoms with van der Waals surface area (Å²) >= 11 is 0. The van der Waals surface area contributed by atoms with E-state index in [9.17, 15) is 0 Å². The summed E-state index contributed by atoms with van der Waals surface area (Å²) in [6.07, 6.45) is 10.8. The number of hydrogen-bond donors (Lipinski definition) is 0. The quantitative estimate of drug-likeness (QED) is 0.481. The Morgan fingerprint density at radius 3 is 1.17 bits per heavy atom. The van der Waals surface area contributed by atoms with E-state index in [4.69, 9.17) is 0 Å². The standard InChI is InChI=1S/C5H6.C3H8.2C2H6/c1-2-4-5-3-1;1-3-2;2*1-2/h1-4H,5H2;3H2,1-2H3;2*1-2H3. The Balaban J connectivity index is -0.000000102. The van der Waals surface area contributed by atoms with Crippen molar-refractivity contribution in [3.05, 3.63) is 24.3 Å². The van der Waals surface area contributed by atoms with Crippen LogP contribution in [0.5, 0.6) is 0 Å². The summed E-state index contributed by atoms with van der Waals surface area (Å²) < 4.78 is 0. The van der Waals surface area contributed by atoms with E-state index < -0.39 is 0 Å². The van der Waals surface area contributed by atoms with Gasteiger partial charge in [-0.1, -0.05) is 72.3 Å². The fourth-order valence-electron chi connectivity index (χ4n) is 0.393. The number of rotatable bonds is 0. The maximum absolute atomic E-state index is 2.12. The fourth-order valence-corrected chi connectivity index (χ4v) is 0.393. The number of hydrogen-bond acceptors (Lipinski definition) is 0. The smallest absolute Gasteiger partial charge is 0.0163 e. The van der Waals surface area contributed by atoms with Gasteiger partial charge in [-0.05, 0) is 6.42 Å². The summed E-state index contributed by atoms with van der Waals surface area (Å²) in [7, 11) is 0. The minimum Gasteiger partial charge on any atom is -0.0808 e. The lowest BCUT2D eigenvalue weighted by Gasteiger charge is -1.57. The molecule has 0 aliphatic heterocycles. The van der Waals surface area contributed by atoms with Crippen molar-refractivity contribution in [3.8, 4) is 0 Å². The fraction of sp³-hybridized carbons (Fsp3) is 0.667. The van der Waals surface area contributed by atoms with Crippen LogP contribution in [-0.4, -0.2) is 0 Å². The minimum atomic E-state index is 1.14. The van der Waals surface area contributed by atoms with E-state index in [2.05, 4.69) is 38.2 Å². The van der Waals surface area contributed by atoms with E-state index in [1.807, 2.05) is 27.7 Å². The average Bonchev–Trinajstić information content (AvgIpc) is 2.69. The lowest BCUT2D eigenvalue weighted by Crippen LogP contribution is -1.37. The average molecular weight is 170 g/mol. The largest absolute Gasteiger partial charge is 0.0808 e. The third kappa shape index (κ3) is 34.0. The maximum Gasteiger partial charge on any atom is -0.0163 e. The van der Waals surface area contributed by atoms with Crippen molar-refractivity contribution in [3.63, 3.8) is 0 Å². The van der Waals surface area contributed by atoms with E-state index in [1.54, 1.807) is 0 Å². The van der Waals surface area contributed by atoms with Crippen LogP contribution < -0.4 is 0 Å². The van der Waals surface area contributed by atoms with Crippen molar-refractivity contribution in [2.24, 2.45) is 0 Å². The molecular weight excluding hydrogens is 144 g/mol. The highest BCUT2D eigenvalue weighted by Gasteiger charge is 1.72. The highest BCUT2D eigenvalue weighted by molar-refractivity contribution is 5.11. The van der Waals surface area contributed by atoms with Crippen molar-refractivity contribution in [1.82, 2.24) is 0 Å². The zero-order valence-corrected chi connectivity index (χ0v) is 9.72. The van der Waals surface area contributed by atoms with Gasteiger partial charge in [0.1, 0.15) is 0 Å². The topological polar surface area (TPSA) is 0 Å². The summed E-state index contributed by atoms with van der Waals surface area (Å²) in [6.45, 7) is 12.2. The Bertz CT molecular complexity index is 68.0. The van der Waals surface area contributed by atoms with Crippen LogP contribution in [0.2, 0.25) is 0 Å². The molecule has 1 aliphatic rings. The van der Waals surface area contributed by atoms with Gasteiger partial charge in [0, 0.05) is 0 Å². The van der Waals surface area contributed by atoms with Crippen LogP contribution in [0.3, 0.4) is 0 Å². The molecule has 0 unspecified atom stereocenters. The van der Waals surface area contributed by atoms with Gasteiger partial charge in [0.2, 0.25) is 0 Å². The zero-order valence-electron chi connectivity index (χ0n) is 9.72. The second kappa shape index (κ2) is 31.4. The minimum absolute atomic E-state index is 1.14. The van der Waals surface area contributed by atoms with E-state index >= 15 is 0 Å². The molecule has 0 atom stereocenters. The molecule has 0 aromatic rings. The van der Waals surface area contributed by atoms with Crippen LogP contribution in [0, 0.1) is 0 Å². The summed E-state index contributed by atoms with van der Waals surface area (Å²) in [4.78, 5) is 0. The van der Waals surface area contributed by atoms with Crippen molar-refractivity contribution < 1.29 is 0 Å². The lowest BCUT2D eigenvalue weighted by atomic mass is 10.5. The Hall–Kier alpha value is -0.520. The molecule has 0 heteroatoms. The molecule has 0 spiro atoms. The molecular formula is C12H26. The second-order valence-corrected chi connectivity index (χ2v) is 1.80. The molecule has 1 rings (SSSR count). The molecule has 0 saturated carbocycles. The van der Waals surface area contributed by atoms with Crippen molar-refractivity contribution in [2.45, 2.75) is 54.4 Å². The Morgan fingerprint density at radius 1 is 0.833 bits per heavy atom. The summed E-state index contributed by atoms with van der Waals surface area (Å²) in [5, 5.41) is 0. The monoisotopic (exact) mass is 170 g/mol. The van der Waals surface area contributed by atoms with Crippen molar-refractivity contribution in [2.75, 3.05) is 0 Å². The molecule has 0 fully saturated rings. The molecule has 1 aliphatic carbocycles. The molecule has 74 valence electrons. The molecule has 0 saturated heterocycles. The van der Waals surface area contributed by atoms with Crippen molar-refractivity contribution in [1.29, 1.82) is 0 Å². The van der Waals surface area contributed by atoms with Gasteiger partial charge in [-0.25, -0.2) is 0 Å². The molecule has 12 heavy (non-hydrogen) atoms. The maximum atomic E-state index is 2.12. The van der Waals surface area contributed by atoms with E-state index in [0.717, 1.165) is 6.42 Å². The highest BCUT2D eigenvalue weighted by Crippen LogP contribution is 1.93. The Kier molecular flexibility index (Phi) is 45.8. The Morgan fingerprint density at radius 2 is 1.08 bits per heavy atom. The van der Waals surface area contributed by atoms with Crippen LogP contribution in [0.4, 0.5) is 0 Å². The Labute approximate surface area is 79.4 Å². The van der Waals surface area contributed by atoms with Gasteiger partial charge < -0.3 is 0 Å². The molecule has 0 heterocycles. The van der Waals surface area contributed by atoms with Gasteiger partial charge >= 0.3 is 0 Å². The lowest BCUT2D eigenvalue weighted by molar-refractivity contribution is 1.09. The van der Waals surface area contributed by atoms with Gasteiger partial charge in [-0.15, -0.1) is 0 Å². The molecule has 0 radical (unpaired) electrons. The number of allylic oxidation sites excluding steroid dienone is 4. The SMILES string of the molecule is C1=CCC=C1.CC.CC.CCC. The van der Waals surface area contributed by atoms with Crippen LogP contribution in [0.25, 0.3) is 0 Å². The van der Waals surface area contributed by atoms with Crippen molar-refractivity contribution >= 4 is 0 Å². The normalized spacial score (nSPS) is 9.83. The first-order valence-corrected chi connectivity index (χ1v) is 5.23. The predicted molar refractivity (Wildman–Crippen MR) is 61.6 cm³/mol. The van der Waals surface area contributed by atoms with Gasteiger partial charge in [0.05, 0.1) is 0 Å². The molecule has 0 amide bonds. The zero-order chi connectivity index (χ0) is 10.2. The summed E-state index contributed by atoms with van der Waals surface area (Å²) in [5.41, 5.74) is 0. The summed E-state index contributed by atoms with van der Waals surface area (Å²) in [5.74, 6) is 0. The van der Waals surface area contributed by atoms with Gasteiger partial charge in [0.25, 0.3) is 0 Å². The van der Waals surface area contributed by atoms with Crippen LogP contribution in [0.15, 0.2) is 24.3 Å². The molecule has 0 aromatic heterocycles. The van der Waals surface area contributed by atoms with E-state index in [0.29, 0.717) is 0 Å². The van der Waals surface area contributed by atoms with E-state index in [1.165, 1.54) is 6.42 Å². The van der Waals surface area contributed by atoms with Crippen LogP contribution >= 0.6 is 0 Å². The first-order valence-electron chi connectivity index (χ1n) is 5.23.